The second kappa shape index (κ2) is 13.9. The second-order valence-corrected chi connectivity index (χ2v) is 10.2. The molecule has 0 spiro atoms. The first-order valence-corrected chi connectivity index (χ1v) is 13.3. The molecule has 0 atom stereocenters. The van der Waals surface area contributed by atoms with Crippen LogP contribution in [0.4, 0.5) is 21.0 Å². The highest BCUT2D eigenvalue weighted by Gasteiger charge is 2.14. The number of aromatic nitrogens is 1. The SMILES string of the molecule is COc1cc(NC(=O)Nc2cccc(CNC(=O)Oc3cccc(/C=C/C(=O)OC(C)(C)C)c3)c2)ccc1-c1cnco1. The van der Waals surface area contributed by atoms with E-state index in [0.29, 0.717) is 39.8 Å². The first-order chi connectivity index (χ1) is 20.6. The summed E-state index contributed by atoms with van der Waals surface area (Å²) < 4.78 is 21.4. The van der Waals surface area contributed by atoms with Gasteiger partial charge < -0.3 is 34.6 Å². The zero-order valence-electron chi connectivity index (χ0n) is 24.2. The van der Waals surface area contributed by atoms with Crippen LogP contribution in [-0.2, 0) is 16.1 Å². The quantitative estimate of drug-likeness (QED) is 0.147. The average molecular weight is 585 g/mol. The number of oxazole rings is 1. The van der Waals surface area contributed by atoms with Crippen LogP contribution in [0.25, 0.3) is 17.4 Å². The number of urea groups is 1. The predicted molar refractivity (Wildman–Crippen MR) is 162 cm³/mol. The maximum Gasteiger partial charge on any atom is 0.412 e. The molecule has 11 heteroatoms. The van der Waals surface area contributed by atoms with Gasteiger partial charge >= 0.3 is 18.1 Å². The van der Waals surface area contributed by atoms with Crippen LogP contribution in [0.3, 0.4) is 0 Å². The monoisotopic (exact) mass is 584 g/mol. The van der Waals surface area contributed by atoms with Crippen LogP contribution in [0, 0.1) is 0 Å². The molecule has 3 N–H and O–H groups in total. The van der Waals surface area contributed by atoms with Crippen LogP contribution in [0.1, 0.15) is 31.9 Å². The lowest BCUT2D eigenvalue weighted by Gasteiger charge is -2.17. The van der Waals surface area contributed by atoms with Gasteiger partial charge in [-0.25, -0.2) is 19.4 Å². The number of esters is 1. The van der Waals surface area contributed by atoms with Crippen LogP contribution in [0.15, 0.2) is 89.8 Å². The molecule has 3 amide bonds. The van der Waals surface area contributed by atoms with Crippen molar-refractivity contribution in [3.05, 3.63) is 96.5 Å². The number of rotatable bonds is 9. The van der Waals surface area contributed by atoms with Gasteiger partial charge in [0.05, 0.1) is 18.9 Å². The van der Waals surface area contributed by atoms with E-state index in [1.165, 1.54) is 19.6 Å². The number of methoxy groups -OCH3 is 1. The van der Waals surface area contributed by atoms with Crippen LogP contribution in [0.5, 0.6) is 11.5 Å². The summed E-state index contributed by atoms with van der Waals surface area (Å²) in [6.45, 7) is 5.53. The summed E-state index contributed by atoms with van der Waals surface area (Å²) in [6.07, 6.45) is 5.14. The fourth-order valence-electron chi connectivity index (χ4n) is 3.87. The molecule has 11 nitrogen and oxygen atoms in total. The minimum absolute atomic E-state index is 0.161. The van der Waals surface area contributed by atoms with Gasteiger partial charge in [-0.3, -0.25) is 0 Å². The number of hydrogen-bond donors (Lipinski definition) is 3. The Balaban J connectivity index is 1.28. The van der Waals surface area contributed by atoms with E-state index in [4.69, 9.17) is 18.6 Å². The van der Waals surface area contributed by atoms with E-state index in [-0.39, 0.29) is 6.54 Å². The summed E-state index contributed by atoms with van der Waals surface area (Å²) in [5, 5.41) is 8.23. The number of amides is 3. The zero-order chi connectivity index (χ0) is 30.8. The molecular weight excluding hydrogens is 552 g/mol. The normalized spacial score (nSPS) is 11.1. The molecule has 43 heavy (non-hydrogen) atoms. The number of nitrogens with one attached hydrogen (secondary N) is 3. The van der Waals surface area contributed by atoms with Crippen molar-refractivity contribution >= 4 is 35.5 Å². The summed E-state index contributed by atoms with van der Waals surface area (Å²) in [7, 11) is 1.53. The average Bonchev–Trinajstić information content (AvgIpc) is 3.49. The van der Waals surface area contributed by atoms with E-state index in [0.717, 1.165) is 5.56 Å². The highest BCUT2D eigenvalue weighted by molar-refractivity contribution is 6.00. The van der Waals surface area contributed by atoms with E-state index in [1.807, 2.05) is 0 Å². The van der Waals surface area contributed by atoms with Gasteiger partial charge in [-0.2, -0.15) is 0 Å². The van der Waals surface area contributed by atoms with Gasteiger partial charge in [-0.15, -0.1) is 0 Å². The smallest absolute Gasteiger partial charge is 0.412 e. The van der Waals surface area contributed by atoms with Crippen molar-refractivity contribution in [2.24, 2.45) is 0 Å². The van der Waals surface area contributed by atoms with Gasteiger partial charge in [-0.1, -0.05) is 24.3 Å². The molecule has 0 saturated carbocycles. The minimum atomic E-state index is -0.660. The van der Waals surface area contributed by atoms with E-state index < -0.39 is 23.7 Å². The summed E-state index contributed by atoms with van der Waals surface area (Å²) in [5.41, 5.74) is 2.56. The number of ether oxygens (including phenoxy) is 3. The molecule has 0 saturated heterocycles. The molecule has 0 fully saturated rings. The Bertz CT molecular complexity index is 1610. The molecular formula is C32H32N4O7. The Morgan fingerprint density at radius 3 is 2.44 bits per heavy atom. The summed E-state index contributed by atoms with van der Waals surface area (Å²) >= 11 is 0. The third-order valence-corrected chi connectivity index (χ3v) is 5.67. The van der Waals surface area contributed by atoms with Crippen LogP contribution < -0.4 is 25.4 Å². The van der Waals surface area contributed by atoms with Gasteiger partial charge in [0.25, 0.3) is 0 Å². The Morgan fingerprint density at radius 2 is 1.72 bits per heavy atom. The number of hydrogen-bond acceptors (Lipinski definition) is 8. The van der Waals surface area contributed by atoms with Gasteiger partial charge in [0, 0.05) is 30.1 Å². The van der Waals surface area contributed by atoms with Crippen molar-refractivity contribution in [3.8, 4) is 22.8 Å². The largest absolute Gasteiger partial charge is 0.496 e. The van der Waals surface area contributed by atoms with Crippen molar-refractivity contribution in [1.82, 2.24) is 10.3 Å². The number of carbonyl (C=O) groups excluding carboxylic acids is 3. The molecule has 0 aliphatic rings. The Kier molecular flexibility index (Phi) is 9.79. The molecule has 0 aliphatic carbocycles. The van der Waals surface area contributed by atoms with E-state index in [2.05, 4.69) is 20.9 Å². The highest BCUT2D eigenvalue weighted by Crippen LogP contribution is 2.32. The molecule has 222 valence electrons. The maximum atomic E-state index is 12.6. The van der Waals surface area contributed by atoms with Crippen LogP contribution >= 0.6 is 0 Å². The van der Waals surface area contributed by atoms with Crippen molar-refractivity contribution in [2.45, 2.75) is 32.9 Å². The number of benzene rings is 3. The van der Waals surface area contributed by atoms with Crippen molar-refractivity contribution in [3.63, 3.8) is 0 Å². The lowest BCUT2D eigenvalue weighted by Crippen LogP contribution is -2.26. The summed E-state index contributed by atoms with van der Waals surface area (Å²) in [4.78, 5) is 40.9. The minimum Gasteiger partial charge on any atom is -0.496 e. The fraction of sp³-hybridized carbons (Fsp3) is 0.188. The highest BCUT2D eigenvalue weighted by atomic mass is 16.6. The number of carbonyl (C=O) groups is 3. The topological polar surface area (TPSA) is 141 Å². The molecule has 1 aromatic heterocycles. The van der Waals surface area contributed by atoms with Gasteiger partial charge in [-0.05, 0) is 74.4 Å². The van der Waals surface area contributed by atoms with Crippen LogP contribution in [-0.4, -0.2) is 35.8 Å². The molecule has 4 rings (SSSR count). The number of nitrogens with zero attached hydrogens (tertiary/aromatic N) is 1. The van der Waals surface area contributed by atoms with Gasteiger partial charge in [0.15, 0.2) is 12.2 Å². The van der Waals surface area contributed by atoms with Crippen molar-refractivity contribution < 1.29 is 33.0 Å². The molecule has 4 aromatic rings. The Morgan fingerprint density at radius 1 is 0.953 bits per heavy atom. The van der Waals surface area contributed by atoms with E-state index >= 15 is 0 Å². The van der Waals surface area contributed by atoms with E-state index in [9.17, 15) is 14.4 Å². The summed E-state index contributed by atoms with van der Waals surface area (Å²) in [5.74, 6) is 0.895. The van der Waals surface area contributed by atoms with E-state index in [1.54, 1.807) is 99.8 Å². The zero-order valence-corrected chi connectivity index (χ0v) is 24.2. The molecule has 3 aromatic carbocycles. The van der Waals surface area contributed by atoms with Gasteiger partial charge in [0.2, 0.25) is 0 Å². The second-order valence-electron chi connectivity index (χ2n) is 10.2. The lowest BCUT2D eigenvalue weighted by molar-refractivity contribution is -0.148. The van der Waals surface area contributed by atoms with Crippen LogP contribution in [0.2, 0.25) is 0 Å². The predicted octanol–water partition coefficient (Wildman–Crippen LogP) is 6.64. The molecule has 1 heterocycles. The van der Waals surface area contributed by atoms with Crippen molar-refractivity contribution in [2.75, 3.05) is 17.7 Å². The molecule has 0 unspecified atom stereocenters. The lowest BCUT2D eigenvalue weighted by atomic mass is 10.1. The fourth-order valence-corrected chi connectivity index (χ4v) is 3.87. The molecule has 0 aliphatic heterocycles. The standard InChI is InChI=1S/C32H32N4O7/c1-32(2,3)43-29(37)14-11-21-7-6-10-25(16-21)42-31(39)34-18-22-8-5-9-23(15-22)35-30(38)36-24-12-13-26(27(17-24)40-4)28-19-33-20-41-28/h5-17,19-20H,18H2,1-4H3,(H,34,39)(H2,35,36,38)/b14-11+. The van der Waals surface area contributed by atoms with Gasteiger partial charge in [0.1, 0.15) is 17.1 Å². The first kappa shape index (κ1) is 30.4. The maximum absolute atomic E-state index is 12.6. The molecule has 0 bridgehead atoms. The Labute approximate surface area is 248 Å². The third-order valence-electron chi connectivity index (χ3n) is 5.67. The third kappa shape index (κ3) is 9.49. The molecule has 0 radical (unpaired) electrons. The van der Waals surface area contributed by atoms with Crippen molar-refractivity contribution in [1.29, 1.82) is 0 Å². The summed E-state index contributed by atoms with van der Waals surface area (Å²) in [6, 6.07) is 18.5. The Hall–Kier alpha value is -5.58. The number of anilines is 2. The first-order valence-electron chi connectivity index (χ1n) is 13.3.